The molecule has 0 bridgehead atoms. The van der Waals surface area contributed by atoms with Gasteiger partial charge in [-0.3, -0.25) is 4.79 Å². The van der Waals surface area contributed by atoms with Crippen LogP contribution in [0.1, 0.15) is 35.1 Å². The van der Waals surface area contributed by atoms with Crippen LogP contribution in [0.4, 0.5) is 5.69 Å². The number of aryl methyl sites for hydroxylation is 3. The first-order chi connectivity index (χ1) is 13.3. The summed E-state index contributed by atoms with van der Waals surface area (Å²) < 4.78 is 27.4. The Labute approximate surface area is 167 Å². The van der Waals surface area contributed by atoms with Crippen LogP contribution in [0.2, 0.25) is 0 Å². The molecule has 3 rings (SSSR count). The molecule has 0 aromatic heterocycles. The second-order valence-corrected chi connectivity index (χ2v) is 9.60. The van der Waals surface area contributed by atoms with Crippen molar-refractivity contribution in [2.24, 2.45) is 5.92 Å². The summed E-state index contributed by atoms with van der Waals surface area (Å²) in [5, 5.41) is 3.02. The predicted octanol–water partition coefficient (Wildman–Crippen LogP) is 3.79. The molecule has 0 unspecified atom stereocenters. The molecule has 1 N–H and O–H groups in total. The van der Waals surface area contributed by atoms with Crippen LogP contribution in [0.15, 0.2) is 42.5 Å². The van der Waals surface area contributed by atoms with Crippen LogP contribution in [0.5, 0.6) is 0 Å². The van der Waals surface area contributed by atoms with E-state index in [2.05, 4.69) is 5.32 Å². The maximum absolute atomic E-state index is 12.9. The SMILES string of the molecule is Cc1ccccc1CS(=O)(=O)N1CCC[C@H](C(=O)Nc2c(C)cccc2C)C1. The maximum Gasteiger partial charge on any atom is 0.228 e. The third-order valence-electron chi connectivity index (χ3n) is 5.48. The number of benzene rings is 2. The molecule has 0 aliphatic carbocycles. The molecular formula is C22H28N2O3S. The fraction of sp³-hybridized carbons (Fsp3) is 0.409. The molecule has 1 aliphatic rings. The number of piperidine rings is 1. The van der Waals surface area contributed by atoms with Gasteiger partial charge in [0.1, 0.15) is 0 Å². The number of sulfonamides is 1. The molecule has 1 heterocycles. The van der Waals surface area contributed by atoms with E-state index in [9.17, 15) is 13.2 Å². The minimum atomic E-state index is -3.46. The van der Waals surface area contributed by atoms with E-state index in [1.165, 1.54) is 4.31 Å². The van der Waals surface area contributed by atoms with Gasteiger partial charge in [-0.05, 0) is 55.9 Å². The van der Waals surface area contributed by atoms with Gasteiger partial charge in [-0.15, -0.1) is 0 Å². The van der Waals surface area contributed by atoms with E-state index in [0.29, 0.717) is 19.4 Å². The van der Waals surface area contributed by atoms with Gasteiger partial charge in [0.2, 0.25) is 15.9 Å². The normalized spacial score (nSPS) is 18.0. The molecule has 28 heavy (non-hydrogen) atoms. The predicted molar refractivity (Wildman–Crippen MR) is 113 cm³/mol. The Morgan fingerprint density at radius 1 is 1.04 bits per heavy atom. The van der Waals surface area contributed by atoms with E-state index in [4.69, 9.17) is 0 Å². The van der Waals surface area contributed by atoms with Crippen LogP contribution in [-0.2, 0) is 20.6 Å². The lowest BCUT2D eigenvalue weighted by Gasteiger charge is -2.31. The summed E-state index contributed by atoms with van der Waals surface area (Å²) in [7, 11) is -3.46. The van der Waals surface area contributed by atoms with Gasteiger partial charge >= 0.3 is 0 Å². The van der Waals surface area contributed by atoms with Crippen LogP contribution in [0.3, 0.4) is 0 Å². The van der Waals surface area contributed by atoms with Gasteiger partial charge in [0.05, 0.1) is 11.7 Å². The van der Waals surface area contributed by atoms with Gasteiger partial charge in [-0.1, -0.05) is 42.5 Å². The van der Waals surface area contributed by atoms with Crippen molar-refractivity contribution < 1.29 is 13.2 Å². The molecule has 0 spiro atoms. The van der Waals surface area contributed by atoms with Gasteiger partial charge in [0.25, 0.3) is 0 Å². The third-order valence-corrected chi connectivity index (χ3v) is 7.27. The van der Waals surface area contributed by atoms with Crippen molar-refractivity contribution >= 4 is 21.6 Å². The highest BCUT2D eigenvalue weighted by Crippen LogP contribution is 2.25. The molecule has 6 heteroatoms. The molecule has 1 atom stereocenters. The van der Waals surface area contributed by atoms with Crippen LogP contribution in [0, 0.1) is 26.7 Å². The highest BCUT2D eigenvalue weighted by Gasteiger charge is 2.32. The van der Waals surface area contributed by atoms with Crippen molar-refractivity contribution in [1.82, 2.24) is 4.31 Å². The Balaban J connectivity index is 1.71. The zero-order valence-corrected chi connectivity index (χ0v) is 17.6. The van der Waals surface area contributed by atoms with E-state index in [-0.39, 0.29) is 24.1 Å². The molecule has 150 valence electrons. The largest absolute Gasteiger partial charge is 0.325 e. The average molecular weight is 401 g/mol. The minimum absolute atomic E-state index is 0.0229. The van der Waals surface area contributed by atoms with Gasteiger partial charge in [0.15, 0.2) is 0 Å². The Hall–Kier alpha value is -2.18. The minimum Gasteiger partial charge on any atom is -0.325 e. The Bertz CT molecular complexity index is 949. The number of nitrogens with one attached hydrogen (secondary N) is 1. The number of carbonyl (C=O) groups is 1. The Morgan fingerprint density at radius 3 is 2.36 bits per heavy atom. The number of nitrogens with zero attached hydrogens (tertiary/aromatic N) is 1. The van der Waals surface area contributed by atoms with Crippen molar-refractivity contribution in [3.8, 4) is 0 Å². The number of rotatable bonds is 5. The van der Waals surface area contributed by atoms with Gasteiger partial charge in [-0.2, -0.15) is 0 Å². The molecular weight excluding hydrogens is 372 g/mol. The maximum atomic E-state index is 12.9. The second kappa shape index (κ2) is 8.45. The lowest BCUT2D eigenvalue weighted by molar-refractivity contribution is -0.120. The smallest absolute Gasteiger partial charge is 0.228 e. The topological polar surface area (TPSA) is 66.5 Å². The van der Waals surface area contributed by atoms with Crippen molar-refractivity contribution in [2.45, 2.75) is 39.4 Å². The summed E-state index contributed by atoms with van der Waals surface area (Å²) in [6.45, 7) is 6.55. The van der Waals surface area contributed by atoms with E-state index in [1.807, 2.05) is 63.2 Å². The third kappa shape index (κ3) is 4.62. The number of hydrogen-bond acceptors (Lipinski definition) is 3. The van der Waals surface area contributed by atoms with Crippen molar-refractivity contribution in [1.29, 1.82) is 0 Å². The first kappa shape index (κ1) is 20.6. The fourth-order valence-electron chi connectivity index (χ4n) is 3.71. The fourth-order valence-corrected chi connectivity index (χ4v) is 5.42. The number of hydrogen-bond donors (Lipinski definition) is 1. The summed E-state index contributed by atoms with van der Waals surface area (Å²) in [5.41, 5.74) is 4.62. The lowest BCUT2D eigenvalue weighted by atomic mass is 9.98. The standard InChI is InChI=1S/C22H28N2O3S/c1-16-8-4-5-11-20(16)15-28(26,27)24-13-7-12-19(14-24)22(25)23-21-17(2)9-6-10-18(21)3/h4-6,8-11,19H,7,12-15H2,1-3H3,(H,23,25)/t19-/m0/s1. The van der Waals surface area contributed by atoms with Crippen molar-refractivity contribution in [3.05, 3.63) is 64.7 Å². The molecule has 1 saturated heterocycles. The quantitative estimate of drug-likeness (QED) is 0.830. The summed E-state index contributed by atoms with van der Waals surface area (Å²) >= 11 is 0. The molecule has 0 radical (unpaired) electrons. The summed E-state index contributed by atoms with van der Waals surface area (Å²) in [5.74, 6) is -0.460. The van der Waals surface area contributed by atoms with E-state index in [1.54, 1.807) is 0 Å². The monoisotopic (exact) mass is 400 g/mol. The molecule has 1 fully saturated rings. The van der Waals surface area contributed by atoms with Crippen LogP contribution in [0.25, 0.3) is 0 Å². The highest BCUT2D eigenvalue weighted by atomic mass is 32.2. The zero-order valence-electron chi connectivity index (χ0n) is 16.7. The highest BCUT2D eigenvalue weighted by molar-refractivity contribution is 7.88. The zero-order chi connectivity index (χ0) is 20.3. The molecule has 1 aliphatic heterocycles. The number of anilines is 1. The van der Waals surface area contributed by atoms with Crippen LogP contribution in [-0.4, -0.2) is 31.7 Å². The molecule has 2 aromatic rings. The number of carbonyl (C=O) groups excluding carboxylic acids is 1. The summed E-state index contributed by atoms with van der Waals surface area (Å²) in [6.07, 6.45) is 1.39. The summed E-state index contributed by atoms with van der Waals surface area (Å²) in [4.78, 5) is 12.8. The average Bonchev–Trinajstić information content (AvgIpc) is 2.66. The van der Waals surface area contributed by atoms with Crippen LogP contribution >= 0.6 is 0 Å². The van der Waals surface area contributed by atoms with E-state index >= 15 is 0 Å². The Morgan fingerprint density at radius 2 is 1.68 bits per heavy atom. The molecule has 5 nitrogen and oxygen atoms in total. The lowest BCUT2D eigenvalue weighted by Crippen LogP contribution is -2.44. The first-order valence-corrected chi connectivity index (χ1v) is 11.3. The summed E-state index contributed by atoms with van der Waals surface area (Å²) in [6, 6.07) is 13.4. The van der Waals surface area contributed by atoms with Gasteiger partial charge in [0, 0.05) is 18.8 Å². The van der Waals surface area contributed by atoms with E-state index < -0.39 is 10.0 Å². The van der Waals surface area contributed by atoms with Crippen molar-refractivity contribution in [2.75, 3.05) is 18.4 Å². The molecule has 2 aromatic carbocycles. The first-order valence-electron chi connectivity index (χ1n) is 9.67. The second-order valence-electron chi connectivity index (χ2n) is 7.64. The van der Waals surface area contributed by atoms with Crippen molar-refractivity contribution in [3.63, 3.8) is 0 Å². The van der Waals surface area contributed by atoms with Gasteiger partial charge in [-0.25, -0.2) is 12.7 Å². The molecule has 1 amide bonds. The van der Waals surface area contributed by atoms with Crippen LogP contribution < -0.4 is 5.32 Å². The van der Waals surface area contributed by atoms with Gasteiger partial charge < -0.3 is 5.32 Å². The van der Waals surface area contributed by atoms with E-state index in [0.717, 1.165) is 27.9 Å². The number of amides is 1. The Kier molecular flexibility index (Phi) is 6.20. The number of para-hydroxylation sites is 1. The molecule has 0 saturated carbocycles.